The molecule has 1 aromatic heterocycles. The summed E-state index contributed by atoms with van der Waals surface area (Å²) < 4.78 is 25.5. The first-order valence-corrected chi connectivity index (χ1v) is 8.62. The molecular formula is C9H11ClIN3O4S. The van der Waals surface area contributed by atoms with Gasteiger partial charge in [-0.05, 0) is 29.0 Å². The van der Waals surface area contributed by atoms with E-state index in [1.165, 1.54) is 4.90 Å². The topological polar surface area (TPSA) is 92.5 Å². The zero-order valence-corrected chi connectivity index (χ0v) is 13.4. The van der Waals surface area contributed by atoms with Gasteiger partial charge in [-0.15, -0.1) is 11.6 Å². The predicted octanol–water partition coefficient (Wildman–Crippen LogP) is 1.29. The van der Waals surface area contributed by atoms with Crippen molar-refractivity contribution in [2.75, 3.05) is 11.6 Å². The van der Waals surface area contributed by atoms with E-state index in [4.69, 9.17) is 16.7 Å². The van der Waals surface area contributed by atoms with Crippen molar-refractivity contribution in [2.45, 2.75) is 19.5 Å². The number of hydrogen-bond acceptors (Lipinski definition) is 4. The first kappa shape index (κ1) is 14.9. The first-order valence-electron chi connectivity index (χ1n) is 5.40. The molecule has 0 saturated heterocycles. The van der Waals surface area contributed by atoms with Gasteiger partial charge >= 0.3 is 6.09 Å². The van der Waals surface area contributed by atoms with E-state index < -0.39 is 16.1 Å². The average molecular weight is 420 g/mol. The van der Waals surface area contributed by atoms with Crippen LogP contribution in [0.25, 0.3) is 0 Å². The van der Waals surface area contributed by atoms with Crippen LogP contribution in [0.1, 0.15) is 17.7 Å². The van der Waals surface area contributed by atoms with Gasteiger partial charge in [0, 0.05) is 11.4 Å². The molecule has 1 aliphatic heterocycles. The van der Waals surface area contributed by atoms with Crippen molar-refractivity contribution in [3.8, 4) is 0 Å². The number of aromatic nitrogens is 2. The van der Waals surface area contributed by atoms with Crippen LogP contribution in [0, 0.1) is 3.70 Å². The molecule has 0 saturated carbocycles. The maximum absolute atomic E-state index is 12.0. The van der Waals surface area contributed by atoms with Crippen LogP contribution in [0.3, 0.4) is 0 Å². The number of fused-ring (bicyclic) bond motifs is 1. The molecule has 0 aliphatic carbocycles. The largest absolute Gasteiger partial charge is 0.465 e. The standard InChI is InChI=1S/C9H11ClIN3O4S/c10-2-1-3-19(17,18)14-8(11)6-4-13(9(15)16)5-7(6)12-14/h1-5H2,(H,15,16). The highest BCUT2D eigenvalue weighted by atomic mass is 127. The van der Waals surface area contributed by atoms with Gasteiger partial charge in [0.25, 0.3) is 10.0 Å². The lowest BCUT2D eigenvalue weighted by Crippen LogP contribution is -2.25. The minimum absolute atomic E-state index is 0.0737. The van der Waals surface area contributed by atoms with Gasteiger partial charge in [0.15, 0.2) is 0 Å². The molecule has 0 bridgehead atoms. The summed E-state index contributed by atoms with van der Waals surface area (Å²) in [5.41, 5.74) is 1.17. The Morgan fingerprint density at radius 3 is 2.68 bits per heavy atom. The van der Waals surface area contributed by atoms with E-state index in [1.807, 2.05) is 22.6 Å². The number of alkyl halides is 1. The van der Waals surface area contributed by atoms with Gasteiger partial charge in [-0.2, -0.15) is 9.19 Å². The molecule has 0 fully saturated rings. The summed E-state index contributed by atoms with van der Waals surface area (Å²) in [6, 6.07) is 0. The quantitative estimate of drug-likeness (QED) is 0.586. The van der Waals surface area contributed by atoms with Crippen LogP contribution in [0.5, 0.6) is 0 Å². The monoisotopic (exact) mass is 419 g/mol. The third kappa shape index (κ3) is 2.82. The van der Waals surface area contributed by atoms with E-state index in [1.54, 1.807) is 0 Å². The number of nitrogens with zero attached hydrogens (tertiary/aromatic N) is 3. The second-order valence-electron chi connectivity index (χ2n) is 4.06. The van der Waals surface area contributed by atoms with Crippen molar-refractivity contribution in [1.82, 2.24) is 14.1 Å². The summed E-state index contributed by atoms with van der Waals surface area (Å²) in [5.74, 6) is 0.194. The molecule has 7 nitrogen and oxygen atoms in total. The Balaban J connectivity index is 2.29. The highest BCUT2D eigenvalue weighted by Crippen LogP contribution is 2.27. The summed E-state index contributed by atoms with van der Waals surface area (Å²) in [6.07, 6.45) is -0.684. The van der Waals surface area contributed by atoms with Gasteiger partial charge < -0.3 is 5.11 Å². The molecule has 2 rings (SSSR count). The Morgan fingerprint density at radius 2 is 2.16 bits per heavy atom. The fourth-order valence-corrected chi connectivity index (χ4v) is 4.84. The van der Waals surface area contributed by atoms with Crippen LogP contribution in [-0.2, 0) is 23.1 Å². The van der Waals surface area contributed by atoms with Gasteiger partial charge in [-0.3, -0.25) is 4.90 Å². The molecule has 0 unspecified atom stereocenters. The molecule has 0 radical (unpaired) electrons. The van der Waals surface area contributed by atoms with Crippen LogP contribution >= 0.6 is 34.2 Å². The number of carbonyl (C=O) groups is 1. The minimum atomic E-state index is -3.52. The lowest BCUT2D eigenvalue weighted by Gasteiger charge is -2.11. The molecule has 1 N–H and O–H groups in total. The number of rotatable bonds is 4. The molecular weight excluding hydrogens is 409 g/mol. The number of halogens is 2. The predicted molar refractivity (Wildman–Crippen MR) is 76.7 cm³/mol. The van der Waals surface area contributed by atoms with Crippen LogP contribution in [0.15, 0.2) is 0 Å². The molecule has 0 aromatic carbocycles. The molecule has 1 amide bonds. The molecule has 10 heteroatoms. The Bertz CT molecular complexity index is 615. The van der Waals surface area contributed by atoms with Crippen molar-refractivity contribution in [3.05, 3.63) is 15.0 Å². The molecule has 1 aliphatic rings. The number of amides is 1. The van der Waals surface area contributed by atoms with E-state index in [-0.39, 0.29) is 24.7 Å². The zero-order valence-electron chi connectivity index (χ0n) is 9.71. The van der Waals surface area contributed by atoms with Crippen LogP contribution in [0.2, 0.25) is 0 Å². The lowest BCUT2D eigenvalue weighted by molar-refractivity contribution is 0.144. The molecule has 2 heterocycles. The van der Waals surface area contributed by atoms with E-state index in [0.717, 1.165) is 4.09 Å². The lowest BCUT2D eigenvalue weighted by atomic mass is 10.3. The van der Waals surface area contributed by atoms with Crippen molar-refractivity contribution in [3.63, 3.8) is 0 Å². The summed E-state index contributed by atoms with van der Waals surface area (Å²) in [7, 11) is -3.52. The normalized spacial score (nSPS) is 14.7. The van der Waals surface area contributed by atoms with E-state index >= 15 is 0 Å². The fourth-order valence-electron chi connectivity index (χ4n) is 1.80. The Morgan fingerprint density at radius 1 is 1.47 bits per heavy atom. The van der Waals surface area contributed by atoms with E-state index in [2.05, 4.69) is 5.10 Å². The van der Waals surface area contributed by atoms with Gasteiger partial charge in [0.2, 0.25) is 0 Å². The van der Waals surface area contributed by atoms with Gasteiger partial charge in [0.05, 0.1) is 24.5 Å². The third-order valence-electron chi connectivity index (χ3n) is 2.74. The average Bonchev–Trinajstić information content (AvgIpc) is 2.87. The molecule has 106 valence electrons. The van der Waals surface area contributed by atoms with Crippen molar-refractivity contribution < 1.29 is 18.3 Å². The van der Waals surface area contributed by atoms with E-state index in [0.29, 0.717) is 21.4 Å². The number of hydrogen-bond donors (Lipinski definition) is 1. The summed E-state index contributed by atoms with van der Waals surface area (Å²) in [4.78, 5) is 12.0. The van der Waals surface area contributed by atoms with Crippen molar-refractivity contribution in [2.24, 2.45) is 0 Å². The Hall–Kier alpha value is -0.550. The number of carboxylic acid groups (broad SMARTS) is 1. The molecule has 0 spiro atoms. The SMILES string of the molecule is O=C(O)N1Cc2nn(S(=O)(=O)CCCCl)c(I)c2C1. The third-order valence-corrected chi connectivity index (χ3v) is 6.03. The van der Waals surface area contributed by atoms with Crippen LogP contribution in [0.4, 0.5) is 4.79 Å². The highest BCUT2D eigenvalue weighted by Gasteiger charge is 2.32. The maximum Gasteiger partial charge on any atom is 0.407 e. The van der Waals surface area contributed by atoms with Crippen LogP contribution in [-0.4, -0.2) is 45.3 Å². The van der Waals surface area contributed by atoms with Crippen molar-refractivity contribution in [1.29, 1.82) is 0 Å². The Kier molecular flexibility index (Phi) is 4.26. The second kappa shape index (κ2) is 5.44. The van der Waals surface area contributed by atoms with Gasteiger partial charge in [-0.1, -0.05) is 0 Å². The van der Waals surface area contributed by atoms with Gasteiger partial charge in [0.1, 0.15) is 3.70 Å². The maximum atomic E-state index is 12.0. The zero-order chi connectivity index (χ0) is 14.2. The molecule has 1 aromatic rings. The molecule has 0 atom stereocenters. The van der Waals surface area contributed by atoms with Crippen LogP contribution < -0.4 is 0 Å². The fraction of sp³-hybridized carbons (Fsp3) is 0.556. The smallest absolute Gasteiger partial charge is 0.407 e. The highest BCUT2D eigenvalue weighted by molar-refractivity contribution is 14.1. The second-order valence-corrected chi connectivity index (χ2v) is 7.37. The van der Waals surface area contributed by atoms with Gasteiger partial charge in [-0.25, -0.2) is 13.2 Å². The van der Waals surface area contributed by atoms with E-state index in [9.17, 15) is 13.2 Å². The summed E-state index contributed by atoms with van der Waals surface area (Å²) in [5, 5.41) is 12.9. The Labute approximate surface area is 128 Å². The van der Waals surface area contributed by atoms with Crippen molar-refractivity contribution >= 4 is 50.3 Å². The summed E-state index contributed by atoms with van der Waals surface area (Å²) in [6.45, 7) is 0.298. The minimum Gasteiger partial charge on any atom is -0.465 e. The molecule has 19 heavy (non-hydrogen) atoms. The first-order chi connectivity index (χ1) is 8.86. The summed E-state index contributed by atoms with van der Waals surface area (Å²) >= 11 is 7.38.